The lowest BCUT2D eigenvalue weighted by Gasteiger charge is -1.99. The Bertz CT molecular complexity index is 407. The molecule has 80 valence electrons. The van der Waals surface area contributed by atoms with Gasteiger partial charge in [-0.3, -0.25) is 0 Å². The molecule has 2 nitrogen and oxygen atoms in total. The van der Waals surface area contributed by atoms with Crippen LogP contribution in [0.2, 0.25) is 4.34 Å². The van der Waals surface area contributed by atoms with Crippen LogP contribution in [0.15, 0.2) is 33.4 Å². The van der Waals surface area contributed by atoms with Gasteiger partial charge in [-0.1, -0.05) is 11.6 Å². The van der Waals surface area contributed by atoms with Crippen LogP contribution in [-0.4, -0.2) is 0 Å². The summed E-state index contributed by atoms with van der Waals surface area (Å²) >= 11 is 10.9. The van der Waals surface area contributed by atoms with E-state index in [0.29, 0.717) is 0 Å². The topological polar surface area (TPSA) is 25.2 Å². The second-order valence-corrected chi connectivity index (χ2v) is 5.61. The van der Waals surface area contributed by atoms with Crippen LogP contribution in [0.25, 0.3) is 0 Å². The van der Waals surface area contributed by atoms with Gasteiger partial charge in [0.2, 0.25) is 0 Å². The Balaban J connectivity index is 1.83. The van der Waals surface area contributed by atoms with Crippen LogP contribution < -0.4 is 5.32 Å². The van der Waals surface area contributed by atoms with Gasteiger partial charge in [-0.15, -0.1) is 11.3 Å². The maximum Gasteiger partial charge on any atom is 0.117 e. The molecule has 2 aromatic rings. The maximum atomic E-state index is 5.93. The predicted octanol–water partition coefficient (Wildman–Crippen LogP) is 4.05. The minimum Gasteiger partial charge on any atom is -0.468 e. The van der Waals surface area contributed by atoms with Crippen LogP contribution in [0.1, 0.15) is 10.6 Å². The van der Waals surface area contributed by atoms with Crippen molar-refractivity contribution >= 4 is 38.9 Å². The summed E-state index contributed by atoms with van der Waals surface area (Å²) in [7, 11) is 0. The fraction of sp³-hybridized carbons (Fsp3) is 0.200. The van der Waals surface area contributed by atoms with Crippen molar-refractivity contribution < 1.29 is 4.42 Å². The molecule has 0 amide bonds. The van der Waals surface area contributed by atoms with E-state index >= 15 is 0 Å². The van der Waals surface area contributed by atoms with Crippen LogP contribution in [0.4, 0.5) is 0 Å². The number of thiophene rings is 1. The predicted molar refractivity (Wildman–Crippen MR) is 66.3 cm³/mol. The molecule has 2 rings (SSSR count). The summed E-state index contributed by atoms with van der Waals surface area (Å²) in [5.74, 6) is 0.941. The molecule has 0 fully saturated rings. The number of halogens is 2. The lowest BCUT2D eigenvalue weighted by molar-refractivity contribution is 0.483. The Morgan fingerprint density at radius 1 is 1.47 bits per heavy atom. The molecule has 0 aliphatic heterocycles. The molecule has 0 saturated carbocycles. The Hall–Kier alpha value is -0.290. The number of furan rings is 1. The Morgan fingerprint density at radius 3 is 2.93 bits per heavy atom. The third-order valence-corrected chi connectivity index (χ3v) is 4.35. The first-order chi connectivity index (χ1) is 7.25. The molecule has 0 aliphatic rings. The van der Waals surface area contributed by atoms with E-state index in [4.69, 9.17) is 16.0 Å². The molecule has 0 unspecified atom stereocenters. The first-order valence-corrected chi connectivity index (χ1v) is 6.41. The van der Waals surface area contributed by atoms with Gasteiger partial charge in [0.25, 0.3) is 0 Å². The molecule has 1 N–H and O–H groups in total. The molecule has 15 heavy (non-hydrogen) atoms. The summed E-state index contributed by atoms with van der Waals surface area (Å²) in [5, 5.41) is 3.28. The van der Waals surface area contributed by atoms with Gasteiger partial charge >= 0.3 is 0 Å². The van der Waals surface area contributed by atoms with Crippen LogP contribution in [0.5, 0.6) is 0 Å². The largest absolute Gasteiger partial charge is 0.468 e. The summed E-state index contributed by atoms with van der Waals surface area (Å²) in [5.41, 5.74) is 0. The average molecular weight is 307 g/mol. The molecule has 0 bridgehead atoms. The Labute approximate surface area is 105 Å². The highest BCUT2D eigenvalue weighted by molar-refractivity contribution is 9.10. The van der Waals surface area contributed by atoms with Gasteiger partial charge in [0.1, 0.15) is 10.1 Å². The molecule has 0 atom stereocenters. The lowest BCUT2D eigenvalue weighted by Crippen LogP contribution is -2.10. The van der Waals surface area contributed by atoms with Gasteiger partial charge in [-0.25, -0.2) is 0 Å². The molecule has 0 aromatic carbocycles. The summed E-state index contributed by atoms with van der Waals surface area (Å²) in [4.78, 5) is 1.21. The van der Waals surface area contributed by atoms with Crippen LogP contribution in [0, 0.1) is 0 Å². The normalized spacial score (nSPS) is 10.8. The number of hydrogen-bond donors (Lipinski definition) is 1. The fourth-order valence-corrected chi connectivity index (χ4v) is 2.96. The Kier molecular flexibility index (Phi) is 3.86. The highest BCUT2D eigenvalue weighted by atomic mass is 79.9. The van der Waals surface area contributed by atoms with Crippen molar-refractivity contribution in [2.24, 2.45) is 0 Å². The van der Waals surface area contributed by atoms with Crippen molar-refractivity contribution in [3.05, 3.63) is 43.9 Å². The zero-order chi connectivity index (χ0) is 10.7. The first-order valence-electron chi connectivity index (χ1n) is 4.42. The molecule has 0 radical (unpaired) electrons. The van der Waals surface area contributed by atoms with E-state index in [9.17, 15) is 0 Å². The van der Waals surface area contributed by atoms with Gasteiger partial charge in [0, 0.05) is 15.9 Å². The molecule has 0 spiro atoms. The zero-order valence-corrected chi connectivity index (χ0v) is 11.0. The van der Waals surface area contributed by atoms with E-state index in [1.54, 1.807) is 17.6 Å². The molecule has 5 heteroatoms. The lowest BCUT2D eigenvalue weighted by atomic mass is 10.4. The van der Waals surface area contributed by atoms with E-state index < -0.39 is 0 Å². The third kappa shape index (κ3) is 3.08. The number of hydrogen-bond acceptors (Lipinski definition) is 3. The van der Waals surface area contributed by atoms with Gasteiger partial charge in [0.05, 0.1) is 12.8 Å². The van der Waals surface area contributed by atoms with E-state index in [1.165, 1.54) is 4.88 Å². The van der Waals surface area contributed by atoms with Crippen LogP contribution in [-0.2, 0) is 13.1 Å². The fourth-order valence-electron chi connectivity index (χ4n) is 1.20. The van der Waals surface area contributed by atoms with Crippen molar-refractivity contribution in [2.75, 3.05) is 0 Å². The smallest absolute Gasteiger partial charge is 0.117 e. The van der Waals surface area contributed by atoms with Gasteiger partial charge in [-0.2, -0.15) is 0 Å². The van der Waals surface area contributed by atoms with Crippen LogP contribution >= 0.6 is 38.9 Å². The molecular weight excluding hydrogens is 298 g/mol. The highest BCUT2D eigenvalue weighted by Gasteiger charge is 2.04. The standard InChI is InChI=1S/C10H9BrClNOS/c11-9-4-8(15-10(9)12)6-13-5-7-2-1-3-14-7/h1-4,13H,5-6H2. The monoisotopic (exact) mass is 305 g/mol. The zero-order valence-electron chi connectivity index (χ0n) is 7.80. The quantitative estimate of drug-likeness (QED) is 0.922. The molecule has 0 saturated heterocycles. The van der Waals surface area contributed by atoms with E-state index in [0.717, 1.165) is 27.7 Å². The van der Waals surface area contributed by atoms with E-state index in [-0.39, 0.29) is 0 Å². The second-order valence-electron chi connectivity index (χ2n) is 3.02. The number of nitrogens with one attached hydrogen (secondary N) is 1. The van der Waals surface area contributed by atoms with Crippen molar-refractivity contribution in [1.29, 1.82) is 0 Å². The van der Waals surface area contributed by atoms with Crippen molar-refractivity contribution in [3.8, 4) is 0 Å². The first kappa shape index (κ1) is 11.2. The minimum atomic E-state index is 0.736. The molecule has 2 aromatic heterocycles. The van der Waals surface area contributed by atoms with E-state index in [1.807, 2.05) is 18.2 Å². The van der Waals surface area contributed by atoms with Crippen molar-refractivity contribution in [1.82, 2.24) is 5.32 Å². The minimum absolute atomic E-state index is 0.736. The second kappa shape index (κ2) is 5.16. The summed E-state index contributed by atoms with van der Waals surface area (Å²) < 4.78 is 6.96. The average Bonchev–Trinajstić information content (AvgIpc) is 2.79. The maximum absolute atomic E-state index is 5.93. The van der Waals surface area contributed by atoms with Crippen molar-refractivity contribution in [2.45, 2.75) is 13.1 Å². The third-order valence-electron chi connectivity index (χ3n) is 1.87. The van der Waals surface area contributed by atoms with Gasteiger partial charge in [-0.05, 0) is 34.1 Å². The van der Waals surface area contributed by atoms with E-state index in [2.05, 4.69) is 21.2 Å². The van der Waals surface area contributed by atoms with Crippen LogP contribution in [0.3, 0.4) is 0 Å². The summed E-state index contributed by atoms with van der Waals surface area (Å²) in [6.07, 6.45) is 1.68. The Morgan fingerprint density at radius 2 is 2.33 bits per heavy atom. The molecule has 2 heterocycles. The van der Waals surface area contributed by atoms with Crippen molar-refractivity contribution in [3.63, 3.8) is 0 Å². The van der Waals surface area contributed by atoms with Gasteiger partial charge in [0.15, 0.2) is 0 Å². The summed E-state index contributed by atoms with van der Waals surface area (Å²) in [6.45, 7) is 1.54. The molecular formula is C10H9BrClNOS. The molecule has 0 aliphatic carbocycles. The number of rotatable bonds is 4. The SMILES string of the molecule is Clc1sc(CNCc2ccco2)cc1Br. The summed E-state index contributed by atoms with van der Waals surface area (Å²) in [6, 6.07) is 5.86. The van der Waals surface area contributed by atoms with Gasteiger partial charge < -0.3 is 9.73 Å². The highest BCUT2D eigenvalue weighted by Crippen LogP contribution is 2.31.